The topological polar surface area (TPSA) is 3.24 Å². The van der Waals surface area contributed by atoms with Crippen LogP contribution in [0.4, 0.5) is 0 Å². The van der Waals surface area contributed by atoms with Crippen LogP contribution in [-0.2, 0) is 0 Å². The Balaban J connectivity index is 3.51. The number of allylic oxidation sites excluding steroid dienone is 1. The van der Waals surface area contributed by atoms with Crippen molar-refractivity contribution in [2.75, 3.05) is 13.1 Å². The highest BCUT2D eigenvalue weighted by molar-refractivity contribution is 4.81. The lowest BCUT2D eigenvalue weighted by Gasteiger charge is -2.23. The third kappa shape index (κ3) is 5.36. The summed E-state index contributed by atoms with van der Waals surface area (Å²) in [5.74, 6) is 0. The lowest BCUT2D eigenvalue weighted by Crippen LogP contribution is -2.31. The average Bonchev–Trinajstić information content (AvgIpc) is 2.04. The monoisotopic (exact) mass is 169 g/mol. The highest BCUT2D eigenvalue weighted by Crippen LogP contribution is 1.99. The van der Waals surface area contributed by atoms with Crippen molar-refractivity contribution in [2.45, 2.75) is 46.6 Å². The van der Waals surface area contributed by atoms with Gasteiger partial charge in [-0.15, -0.1) is 0 Å². The van der Waals surface area contributed by atoms with Gasteiger partial charge >= 0.3 is 0 Å². The molecule has 0 saturated heterocycles. The summed E-state index contributed by atoms with van der Waals surface area (Å²) in [5.41, 5.74) is 0. The van der Waals surface area contributed by atoms with E-state index in [-0.39, 0.29) is 0 Å². The van der Waals surface area contributed by atoms with Crippen molar-refractivity contribution in [3.63, 3.8) is 0 Å². The first-order chi connectivity index (χ1) is 5.72. The minimum absolute atomic E-state index is 0.685. The minimum atomic E-state index is 0.685. The molecule has 0 spiro atoms. The van der Waals surface area contributed by atoms with Crippen molar-refractivity contribution < 1.29 is 0 Å². The molecule has 1 heteroatoms. The molecule has 0 fully saturated rings. The van der Waals surface area contributed by atoms with Gasteiger partial charge < -0.3 is 4.90 Å². The maximum absolute atomic E-state index is 2.49. The predicted octanol–water partition coefficient (Wildman–Crippen LogP) is 3.07. The van der Waals surface area contributed by atoms with Gasteiger partial charge in [0, 0.05) is 12.6 Å². The molecule has 0 heterocycles. The van der Waals surface area contributed by atoms with Gasteiger partial charge in [0.05, 0.1) is 0 Å². The summed E-state index contributed by atoms with van der Waals surface area (Å²) in [5, 5.41) is 0. The smallest absolute Gasteiger partial charge is 0.00385 e. The molecular formula is C11H23N. The average molecular weight is 169 g/mol. The summed E-state index contributed by atoms with van der Waals surface area (Å²) in [7, 11) is 0. The molecule has 0 N–H and O–H groups in total. The molecule has 0 saturated carbocycles. The first-order valence-electron chi connectivity index (χ1n) is 5.11. The van der Waals surface area contributed by atoms with E-state index in [1.807, 2.05) is 0 Å². The molecule has 72 valence electrons. The highest BCUT2D eigenvalue weighted by Gasteiger charge is 2.03. The highest BCUT2D eigenvalue weighted by atomic mass is 15.1. The van der Waals surface area contributed by atoms with Crippen molar-refractivity contribution >= 4 is 0 Å². The molecule has 0 amide bonds. The zero-order valence-electron chi connectivity index (χ0n) is 9.01. The lowest BCUT2D eigenvalue weighted by atomic mass is 10.2. The Hall–Kier alpha value is -0.300. The summed E-state index contributed by atoms with van der Waals surface area (Å²) >= 11 is 0. The van der Waals surface area contributed by atoms with Crippen LogP contribution in [-0.4, -0.2) is 24.0 Å². The molecular weight excluding hydrogens is 146 g/mol. The molecule has 12 heavy (non-hydrogen) atoms. The van der Waals surface area contributed by atoms with E-state index in [2.05, 4.69) is 44.7 Å². The van der Waals surface area contributed by atoms with Gasteiger partial charge in [0.1, 0.15) is 0 Å². The Labute approximate surface area is 77.5 Å². The van der Waals surface area contributed by atoms with E-state index >= 15 is 0 Å². The van der Waals surface area contributed by atoms with E-state index < -0.39 is 0 Å². The fraction of sp³-hybridized carbons (Fsp3) is 0.818. The second-order valence-electron chi connectivity index (χ2n) is 3.39. The van der Waals surface area contributed by atoms with Crippen molar-refractivity contribution in [2.24, 2.45) is 0 Å². The van der Waals surface area contributed by atoms with Crippen LogP contribution in [0.3, 0.4) is 0 Å². The molecule has 0 rings (SSSR count). The van der Waals surface area contributed by atoms with Gasteiger partial charge in [-0.25, -0.2) is 0 Å². The number of hydrogen-bond donors (Lipinski definition) is 0. The molecule has 0 aliphatic carbocycles. The third-order valence-corrected chi connectivity index (χ3v) is 2.12. The summed E-state index contributed by atoms with van der Waals surface area (Å²) < 4.78 is 0. The number of nitrogens with zero attached hydrogens (tertiary/aromatic N) is 1. The van der Waals surface area contributed by atoms with E-state index in [4.69, 9.17) is 0 Å². The zero-order chi connectivity index (χ0) is 9.40. The molecule has 0 radical (unpaired) electrons. The molecule has 0 aromatic rings. The fourth-order valence-corrected chi connectivity index (χ4v) is 1.31. The first-order valence-corrected chi connectivity index (χ1v) is 5.11. The van der Waals surface area contributed by atoms with E-state index in [0.29, 0.717) is 6.04 Å². The Morgan fingerprint density at radius 1 is 1.17 bits per heavy atom. The third-order valence-electron chi connectivity index (χ3n) is 2.12. The Morgan fingerprint density at radius 2 is 1.83 bits per heavy atom. The van der Waals surface area contributed by atoms with Gasteiger partial charge in [-0.2, -0.15) is 0 Å². The molecule has 0 aromatic heterocycles. The van der Waals surface area contributed by atoms with Gasteiger partial charge in [-0.1, -0.05) is 26.0 Å². The predicted molar refractivity (Wildman–Crippen MR) is 56.4 cm³/mol. The quantitative estimate of drug-likeness (QED) is 0.552. The number of rotatable bonds is 6. The molecule has 0 aromatic carbocycles. The van der Waals surface area contributed by atoms with Crippen LogP contribution in [0.1, 0.15) is 40.5 Å². The van der Waals surface area contributed by atoms with Gasteiger partial charge in [0.25, 0.3) is 0 Å². The van der Waals surface area contributed by atoms with Crippen molar-refractivity contribution in [3.8, 4) is 0 Å². The second-order valence-corrected chi connectivity index (χ2v) is 3.39. The fourth-order valence-electron chi connectivity index (χ4n) is 1.31. The Morgan fingerprint density at radius 3 is 2.25 bits per heavy atom. The lowest BCUT2D eigenvalue weighted by molar-refractivity contribution is 0.238. The van der Waals surface area contributed by atoms with E-state index in [1.165, 1.54) is 13.0 Å². The van der Waals surface area contributed by atoms with Crippen LogP contribution in [0.25, 0.3) is 0 Å². The van der Waals surface area contributed by atoms with E-state index in [9.17, 15) is 0 Å². The molecule has 0 unspecified atom stereocenters. The van der Waals surface area contributed by atoms with Crippen molar-refractivity contribution in [1.29, 1.82) is 0 Å². The van der Waals surface area contributed by atoms with Crippen LogP contribution >= 0.6 is 0 Å². The minimum Gasteiger partial charge on any atom is -0.301 e. The SMILES string of the molecule is CC/C=C\CCN(CC)C(C)C. The maximum Gasteiger partial charge on any atom is 0.00385 e. The number of hydrogen-bond acceptors (Lipinski definition) is 1. The first kappa shape index (κ1) is 11.7. The van der Waals surface area contributed by atoms with Crippen molar-refractivity contribution in [1.82, 2.24) is 4.90 Å². The Kier molecular flexibility index (Phi) is 7.17. The second kappa shape index (κ2) is 7.35. The largest absolute Gasteiger partial charge is 0.301 e. The summed E-state index contributed by atoms with van der Waals surface area (Å²) in [6.45, 7) is 11.3. The zero-order valence-corrected chi connectivity index (χ0v) is 9.01. The van der Waals surface area contributed by atoms with Gasteiger partial charge in [-0.3, -0.25) is 0 Å². The van der Waals surface area contributed by atoms with Crippen molar-refractivity contribution in [3.05, 3.63) is 12.2 Å². The van der Waals surface area contributed by atoms with Gasteiger partial charge in [0.15, 0.2) is 0 Å². The molecule has 0 bridgehead atoms. The van der Waals surface area contributed by atoms with Crippen LogP contribution in [0.5, 0.6) is 0 Å². The van der Waals surface area contributed by atoms with Gasteiger partial charge in [-0.05, 0) is 33.2 Å². The summed E-state index contributed by atoms with van der Waals surface area (Å²) in [6, 6.07) is 0.685. The molecule has 0 atom stereocenters. The molecule has 0 aliphatic heterocycles. The summed E-state index contributed by atoms with van der Waals surface area (Å²) in [4.78, 5) is 2.49. The van der Waals surface area contributed by atoms with Crippen LogP contribution in [0, 0.1) is 0 Å². The normalized spacial score (nSPS) is 12.2. The van der Waals surface area contributed by atoms with Crippen LogP contribution in [0.2, 0.25) is 0 Å². The maximum atomic E-state index is 2.49. The van der Waals surface area contributed by atoms with Gasteiger partial charge in [0.2, 0.25) is 0 Å². The van der Waals surface area contributed by atoms with E-state index in [1.54, 1.807) is 0 Å². The van der Waals surface area contributed by atoms with Crippen LogP contribution in [0.15, 0.2) is 12.2 Å². The summed E-state index contributed by atoms with van der Waals surface area (Å²) in [6.07, 6.45) is 6.88. The standard InChI is InChI=1S/C11H23N/c1-5-7-8-9-10-12(6-2)11(3)4/h7-8,11H,5-6,9-10H2,1-4H3/b8-7-. The molecule has 1 nitrogen and oxygen atoms in total. The Bertz CT molecular complexity index is 116. The van der Waals surface area contributed by atoms with Crippen LogP contribution < -0.4 is 0 Å². The molecule has 0 aliphatic rings. The van der Waals surface area contributed by atoms with E-state index in [0.717, 1.165) is 13.0 Å².